The smallest absolute Gasteiger partial charge is 0.412 e. The predicted octanol–water partition coefficient (Wildman–Crippen LogP) is 8.21. The second-order valence-electron chi connectivity index (χ2n) is 10.5. The maximum Gasteiger partial charge on any atom is 0.412 e. The lowest BCUT2D eigenvalue weighted by atomic mass is 9.96. The van der Waals surface area contributed by atoms with Gasteiger partial charge in [-0.2, -0.15) is 0 Å². The number of nitrogens with two attached hydrogens (primary N) is 1. The Hall–Kier alpha value is -6.28. The van der Waals surface area contributed by atoms with Crippen LogP contribution in [0.5, 0.6) is 11.5 Å². The van der Waals surface area contributed by atoms with Crippen molar-refractivity contribution in [1.82, 2.24) is 0 Å². The summed E-state index contributed by atoms with van der Waals surface area (Å²) in [7, 11) is 0. The highest BCUT2D eigenvalue weighted by Crippen LogP contribution is 2.36. The molecule has 228 valence electrons. The standard InChI is InChI=1S/C38H31N3O5/c39-31-18-8-9-19-33(31)40-36(43)24-23-35(45-26-13-2-1-3-14-26)37(30-21-22-34(42)29-17-7-6-16-28(29)30)46-38(44)41-32-20-10-12-25-11-4-5-15-27(25)32/h1-24,35,37,42H,39H2,(H,40,43)(H,41,44)/b24-23+/t35-,37-/m0/s1. The fraction of sp³-hybridized carbons (Fsp3) is 0.0526. The van der Waals surface area contributed by atoms with Crippen LogP contribution in [0, 0.1) is 0 Å². The zero-order valence-electron chi connectivity index (χ0n) is 24.7. The zero-order valence-corrected chi connectivity index (χ0v) is 24.7. The average Bonchev–Trinajstić information content (AvgIpc) is 3.08. The van der Waals surface area contributed by atoms with Crippen molar-refractivity contribution in [1.29, 1.82) is 0 Å². The summed E-state index contributed by atoms with van der Waals surface area (Å²) >= 11 is 0. The highest BCUT2D eigenvalue weighted by Gasteiger charge is 2.30. The van der Waals surface area contributed by atoms with Gasteiger partial charge in [0.25, 0.3) is 0 Å². The molecule has 2 amide bonds. The van der Waals surface area contributed by atoms with Gasteiger partial charge in [-0.05, 0) is 53.2 Å². The van der Waals surface area contributed by atoms with Gasteiger partial charge < -0.3 is 25.6 Å². The third kappa shape index (κ3) is 6.76. The molecule has 5 N–H and O–H groups in total. The van der Waals surface area contributed by atoms with Gasteiger partial charge in [0, 0.05) is 22.4 Å². The second-order valence-corrected chi connectivity index (χ2v) is 10.5. The molecule has 0 aliphatic rings. The molecule has 0 aliphatic carbocycles. The Balaban J connectivity index is 1.39. The van der Waals surface area contributed by atoms with Crippen molar-refractivity contribution in [2.45, 2.75) is 12.2 Å². The number of hydrogen-bond donors (Lipinski definition) is 4. The van der Waals surface area contributed by atoms with Crippen LogP contribution in [-0.4, -0.2) is 23.2 Å². The lowest BCUT2D eigenvalue weighted by Gasteiger charge is -2.27. The molecule has 8 heteroatoms. The molecule has 0 saturated carbocycles. The van der Waals surface area contributed by atoms with Crippen LogP contribution in [0.3, 0.4) is 0 Å². The van der Waals surface area contributed by atoms with Crippen molar-refractivity contribution >= 4 is 50.6 Å². The van der Waals surface area contributed by atoms with E-state index in [4.69, 9.17) is 15.2 Å². The molecule has 0 unspecified atom stereocenters. The SMILES string of the molecule is Nc1ccccc1NC(=O)/C=C/[C@H](Oc1ccccc1)[C@@H](OC(=O)Nc1cccc2ccccc12)c1ccc(O)c2ccccc12. The number of rotatable bonds is 9. The minimum absolute atomic E-state index is 0.0780. The van der Waals surface area contributed by atoms with Gasteiger partial charge >= 0.3 is 6.09 Å². The number of fused-ring (bicyclic) bond motifs is 2. The van der Waals surface area contributed by atoms with E-state index in [2.05, 4.69) is 10.6 Å². The van der Waals surface area contributed by atoms with Gasteiger partial charge in [0.2, 0.25) is 5.91 Å². The molecule has 6 rings (SSSR count). The molecule has 0 saturated heterocycles. The number of nitrogen functional groups attached to an aromatic ring is 1. The fourth-order valence-corrected chi connectivity index (χ4v) is 5.28. The number of ether oxygens (including phenoxy) is 2. The summed E-state index contributed by atoms with van der Waals surface area (Å²) in [6.45, 7) is 0. The summed E-state index contributed by atoms with van der Waals surface area (Å²) in [5.41, 5.74) is 8.05. The van der Waals surface area contributed by atoms with E-state index in [9.17, 15) is 14.7 Å². The second kappa shape index (κ2) is 13.6. The van der Waals surface area contributed by atoms with Crippen molar-refractivity contribution in [3.8, 4) is 11.5 Å². The number of anilines is 3. The van der Waals surface area contributed by atoms with Crippen LogP contribution >= 0.6 is 0 Å². The third-order valence-electron chi connectivity index (χ3n) is 7.47. The van der Waals surface area contributed by atoms with Gasteiger partial charge in [0.1, 0.15) is 11.5 Å². The molecule has 0 aliphatic heterocycles. The molecule has 0 spiro atoms. The van der Waals surface area contributed by atoms with Crippen LogP contribution in [-0.2, 0) is 9.53 Å². The Morgan fingerprint density at radius 1 is 0.674 bits per heavy atom. The molecule has 0 bridgehead atoms. The van der Waals surface area contributed by atoms with Gasteiger partial charge in [-0.25, -0.2) is 4.79 Å². The first-order valence-corrected chi connectivity index (χ1v) is 14.7. The molecular formula is C38H31N3O5. The minimum Gasteiger partial charge on any atom is -0.507 e. The normalized spacial score (nSPS) is 12.4. The lowest BCUT2D eigenvalue weighted by molar-refractivity contribution is -0.112. The Kier molecular flexibility index (Phi) is 8.78. The maximum atomic E-state index is 13.7. The van der Waals surface area contributed by atoms with E-state index in [1.54, 1.807) is 66.7 Å². The number of para-hydroxylation sites is 3. The molecule has 0 radical (unpaired) electrons. The number of aromatic hydroxyl groups is 1. The first-order chi connectivity index (χ1) is 22.5. The van der Waals surface area contributed by atoms with Gasteiger partial charge in [-0.3, -0.25) is 10.1 Å². The Morgan fingerprint density at radius 3 is 2.13 bits per heavy atom. The average molecular weight is 610 g/mol. The number of benzene rings is 6. The van der Waals surface area contributed by atoms with Crippen molar-refractivity contribution in [2.24, 2.45) is 0 Å². The quantitative estimate of drug-likeness (QED) is 0.0968. The fourth-order valence-electron chi connectivity index (χ4n) is 5.28. The number of phenolic OH excluding ortho intramolecular Hbond substituents is 1. The monoisotopic (exact) mass is 609 g/mol. The summed E-state index contributed by atoms with van der Waals surface area (Å²) in [6.07, 6.45) is 0.0923. The van der Waals surface area contributed by atoms with Crippen LogP contribution in [0.4, 0.5) is 21.9 Å². The molecule has 2 atom stereocenters. The zero-order chi connectivity index (χ0) is 31.9. The highest BCUT2D eigenvalue weighted by atomic mass is 16.6. The van der Waals surface area contributed by atoms with Crippen molar-refractivity contribution < 1.29 is 24.2 Å². The molecule has 6 aromatic rings. The number of nitrogens with one attached hydrogen (secondary N) is 2. The number of phenols is 1. The highest BCUT2D eigenvalue weighted by molar-refractivity contribution is 6.02. The van der Waals surface area contributed by atoms with Gasteiger partial charge in [0.15, 0.2) is 12.2 Å². The molecule has 8 nitrogen and oxygen atoms in total. The Bertz CT molecular complexity index is 2040. The number of carbonyl (C=O) groups is 2. The molecule has 0 fully saturated rings. The predicted molar refractivity (Wildman–Crippen MR) is 182 cm³/mol. The molecule has 6 aromatic carbocycles. The summed E-state index contributed by atoms with van der Waals surface area (Å²) in [6, 6.07) is 39.8. The number of amides is 2. The third-order valence-corrected chi connectivity index (χ3v) is 7.47. The summed E-state index contributed by atoms with van der Waals surface area (Å²) in [4.78, 5) is 26.7. The molecule has 0 aromatic heterocycles. The van der Waals surface area contributed by atoms with E-state index >= 15 is 0 Å². The maximum absolute atomic E-state index is 13.7. The summed E-state index contributed by atoms with van der Waals surface area (Å²) in [5.74, 6) is 0.124. The van der Waals surface area contributed by atoms with Gasteiger partial charge in [-0.1, -0.05) is 97.1 Å². The van der Waals surface area contributed by atoms with E-state index in [-0.39, 0.29) is 5.75 Å². The first-order valence-electron chi connectivity index (χ1n) is 14.7. The summed E-state index contributed by atoms with van der Waals surface area (Å²) in [5, 5.41) is 19.3. The van der Waals surface area contributed by atoms with E-state index in [1.807, 2.05) is 72.8 Å². The van der Waals surface area contributed by atoms with Crippen molar-refractivity contribution in [3.05, 3.63) is 151 Å². The lowest BCUT2D eigenvalue weighted by Crippen LogP contribution is -2.30. The minimum atomic E-state index is -1.06. The topological polar surface area (TPSA) is 123 Å². The van der Waals surface area contributed by atoms with Crippen LogP contribution in [0.1, 0.15) is 11.7 Å². The van der Waals surface area contributed by atoms with Crippen LogP contribution < -0.4 is 21.1 Å². The van der Waals surface area contributed by atoms with E-state index in [1.165, 1.54) is 6.08 Å². The number of hydrogen-bond acceptors (Lipinski definition) is 6. The first kappa shape index (κ1) is 29.8. The Morgan fingerprint density at radius 2 is 1.33 bits per heavy atom. The van der Waals surface area contributed by atoms with Crippen LogP contribution in [0.25, 0.3) is 21.5 Å². The van der Waals surface area contributed by atoms with Gasteiger partial charge in [0.05, 0.1) is 17.1 Å². The van der Waals surface area contributed by atoms with E-state index < -0.39 is 24.2 Å². The molecular weight excluding hydrogens is 578 g/mol. The van der Waals surface area contributed by atoms with Crippen LogP contribution in [0.15, 0.2) is 146 Å². The Labute approximate surface area is 265 Å². The largest absolute Gasteiger partial charge is 0.507 e. The van der Waals surface area contributed by atoms with E-state index in [0.717, 1.165) is 10.8 Å². The van der Waals surface area contributed by atoms with Crippen molar-refractivity contribution in [3.63, 3.8) is 0 Å². The van der Waals surface area contributed by atoms with Gasteiger partial charge in [-0.15, -0.1) is 0 Å². The van der Waals surface area contributed by atoms with Crippen molar-refractivity contribution in [2.75, 3.05) is 16.4 Å². The van der Waals surface area contributed by atoms with E-state index in [0.29, 0.717) is 39.1 Å². The van der Waals surface area contributed by atoms with Crippen LogP contribution in [0.2, 0.25) is 0 Å². The number of carbonyl (C=O) groups excluding carboxylic acids is 2. The molecule has 46 heavy (non-hydrogen) atoms. The molecule has 0 heterocycles. The summed E-state index contributed by atoms with van der Waals surface area (Å²) < 4.78 is 12.6.